The Morgan fingerprint density at radius 1 is 1.04 bits per heavy atom. The van der Waals surface area contributed by atoms with E-state index in [4.69, 9.17) is 0 Å². The summed E-state index contributed by atoms with van der Waals surface area (Å²) in [4.78, 5) is 27.4. The Hall–Kier alpha value is -2.88. The lowest BCUT2D eigenvalue weighted by molar-refractivity contribution is -0.131. The van der Waals surface area contributed by atoms with Crippen LogP contribution >= 0.6 is 0 Å². The standard InChI is InChI=1S/C22H21NO3/c1-14(15-8-4-2-5-9-15)23-19(16-10-6-3-7-11-16)18(21(25)22(23)26)20(24)17-12-13-17/h2-11,14,17,19,25H,12-13H2,1H3. The zero-order valence-corrected chi connectivity index (χ0v) is 14.6. The highest BCUT2D eigenvalue weighted by molar-refractivity contribution is 6.10. The molecule has 1 N–H and O–H groups in total. The molecule has 1 fully saturated rings. The second kappa shape index (κ2) is 6.45. The van der Waals surface area contributed by atoms with Crippen LogP contribution in [-0.4, -0.2) is 21.7 Å². The number of aliphatic hydroxyl groups excluding tert-OH is 1. The van der Waals surface area contributed by atoms with E-state index >= 15 is 0 Å². The van der Waals surface area contributed by atoms with Crippen LogP contribution in [-0.2, 0) is 9.59 Å². The number of Topliss-reactive ketones (excluding diaryl/α,β-unsaturated/α-hetero) is 1. The monoisotopic (exact) mass is 347 g/mol. The summed E-state index contributed by atoms with van der Waals surface area (Å²) in [6.07, 6.45) is 1.67. The fourth-order valence-corrected chi connectivity index (χ4v) is 3.69. The molecule has 0 saturated heterocycles. The molecule has 1 aliphatic heterocycles. The van der Waals surface area contributed by atoms with Gasteiger partial charge < -0.3 is 10.0 Å². The van der Waals surface area contributed by atoms with Crippen molar-refractivity contribution in [2.24, 2.45) is 5.92 Å². The Morgan fingerprint density at radius 3 is 2.19 bits per heavy atom. The molecular weight excluding hydrogens is 326 g/mol. The van der Waals surface area contributed by atoms with Gasteiger partial charge in [0.25, 0.3) is 5.91 Å². The summed E-state index contributed by atoms with van der Waals surface area (Å²) in [5.41, 5.74) is 2.07. The van der Waals surface area contributed by atoms with Crippen molar-refractivity contribution in [1.82, 2.24) is 4.90 Å². The number of nitrogens with zero attached hydrogens (tertiary/aromatic N) is 1. The van der Waals surface area contributed by atoms with Crippen LogP contribution in [0.5, 0.6) is 0 Å². The highest BCUT2D eigenvalue weighted by atomic mass is 16.3. The van der Waals surface area contributed by atoms with Gasteiger partial charge in [0, 0.05) is 5.92 Å². The van der Waals surface area contributed by atoms with Gasteiger partial charge in [-0.3, -0.25) is 9.59 Å². The number of carbonyl (C=O) groups excluding carboxylic acids is 2. The maximum atomic E-state index is 12.9. The summed E-state index contributed by atoms with van der Waals surface area (Å²) >= 11 is 0. The van der Waals surface area contributed by atoms with Gasteiger partial charge in [-0.2, -0.15) is 0 Å². The van der Waals surface area contributed by atoms with E-state index in [-0.39, 0.29) is 23.3 Å². The first-order valence-corrected chi connectivity index (χ1v) is 8.99. The largest absolute Gasteiger partial charge is 0.503 e. The van der Waals surface area contributed by atoms with Crippen LogP contribution in [0.1, 0.15) is 43.0 Å². The van der Waals surface area contributed by atoms with Gasteiger partial charge >= 0.3 is 0 Å². The molecular formula is C22H21NO3. The first kappa shape index (κ1) is 16.6. The molecule has 4 heteroatoms. The number of aliphatic hydroxyl groups is 1. The first-order valence-electron chi connectivity index (χ1n) is 8.99. The van der Waals surface area contributed by atoms with E-state index in [2.05, 4.69) is 0 Å². The predicted octanol–water partition coefficient (Wildman–Crippen LogP) is 4.12. The van der Waals surface area contributed by atoms with Crippen LogP contribution in [0.25, 0.3) is 0 Å². The molecule has 0 bridgehead atoms. The molecule has 0 radical (unpaired) electrons. The number of hydrogen-bond acceptors (Lipinski definition) is 3. The Labute approximate surface area is 152 Å². The molecule has 2 aromatic rings. The van der Waals surface area contributed by atoms with Crippen molar-refractivity contribution >= 4 is 11.7 Å². The quantitative estimate of drug-likeness (QED) is 0.885. The zero-order chi connectivity index (χ0) is 18.3. The number of ketones is 1. The van der Waals surface area contributed by atoms with Gasteiger partial charge in [-0.25, -0.2) is 0 Å². The molecule has 2 atom stereocenters. The highest BCUT2D eigenvalue weighted by Crippen LogP contribution is 2.46. The fourth-order valence-electron chi connectivity index (χ4n) is 3.69. The summed E-state index contributed by atoms with van der Waals surface area (Å²) < 4.78 is 0. The third-order valence-corrected chi connectivity index (χ3v) is 5.27. The summed E-state index contributed by atoms with van der Waals surface area (Å²) in [6.45, 7) is 1.93. The predicted molar refractivity (Wildman–Crippen MR) is 98.3 cm³/mol. The summed E-state index contributed by atoms with van der Waals surface area (Å²) in [7, 11) is 0. The first-order chi connectivity index (χ1) is 12.6. The van der Waals surface area contributed by atoms with E-state index in [9.17, 15) is 14.7 Å². The van der Waals surface area contributed by atoms with E-state index in [1.165, 1.54) is 0 Å². The molecule has 4 rings (SSSR count). The molecule has 2 unspecified atom stereocenters. The van der Waals surface area contributed by atoms with E-state index in [1.807, 2.05) is 67.6 Å². The Kier molecular flexibility index (Phi) is 4.11. The Balaban J connectivity index is 1.80. The molecule has 1 aliphatic carbocycles. The molecule has 132 valence electrons. The molecule has 1 heterocycles. The molecule has 4 nitrogen and oxygen atoms in total. The van der Waals surface area contributed by atoms with Crippen LogP contribution in [0.3, 0.4) is 0 Å². The average molecular weight is 347 g/mol. The minimum Gasteiger partial charge on any atom is -0.503 e. The molecule has 1 amide bonds. The minimum atomic E-state index is -0.549. The highest BCUT2D eigenvalue weighted by Gasteiger charge is 2.48. The molecule has 26 heavy (non-hydrogen) atoms. The van der Waals surface area contributed by atoms with E-state index < -0.39 is 17.7 Å². The van der Waals surface area contributed by atoms with Crippen molar-refractivity contribution in [2.45, 2.75) is 31.8 Å². The zero-order valence-electron chi connectivity index (χ0n) is 14.6. The van der Waals surface area contributed by atoms with Crippen molar-refractivity contribution in [3.63, 3.8) is 0 Å². The van der Waals surface area contributed by atoms with Gasteiger partial charge in [-0.05, 0) is 30.9 Å². The maximum Gasteiger partial charge on any atom is 0.290 e. The number of rotatable bonds is 5. The third-order valence-electron chi connectivity index (χ3n) is 5.27. The van der Waals surface area contributed by atoms with Crippen LogP contribution < -0.4 is 0 Å². The minimum absolute atomic E-state index is 0.0573. The molecule has 0 aromatic heterocycles. The van der Waals surface area contributed by atoms with Gasteiger partial charge in [0.2, 0.25) is 0 Å². The topological polar surface area (TPSA) is 57.6 Å². The van der Waals surface area contributed by atoms with Crippen LogP contribution in [0.2, 0.25) is 0 Å². The normalized spacial score (nSPS) is 21.2. The van der Waals surface area contributed by atoms with Crippen LogP contribution in [0.4, 0.5) is 0 Å². The lowest BCUT2D eigenvalue weighted by atomic mass is 9.93. The van der Waals surface area contributed by atoms with Gasteiger partial charge in [0.1, 0.15) is 0 Å². The number of hydrogen-bond donors (Lipinski definition) is 1. The third kappa shape index (κ3) is 2.71. The van der Waals surface area contributed by atoms with Crippen LogP contribution in [0, 0.1) is 5.92 Å². The average Bonchev–Trinajstić information content (AvgIpc) is 3.49. The van der Waals surface area contributed by atoms with Crippen molar-refractivity contribution in [2.75, 3.05) is 0 Å². The number of carbonyl (C=O) groups is 2. The Morgan fingerprint density at radius 2 is 1.62 bits per heavy atom. The van der Waals surface area contributed by atoms with Gasteiger partial charge in [0.05, 0.1) is 17.7 Å². The molecule has 0 spiro atoms. The van der Waals surface area contributed by atoms with E-state index in [1.54, 1.807) is 4.90 Å². The maximum absolute atomic E-state index is 12.9. The van der Waals surface area contributed by atoms with Gasteiger partial charge in [0.15, 0.2) is 11.5 Å². The van der Waals surface area contributed by atoms with Crippen molar-refractivity contribution in [1.29, 1.82) is 0 Å². The lowest BCUT2D eigenvalue weighted by Crippen LogP contribution is -2.33. The fraction of sp³-hybridized carbons (Fsp3) is 0.273. The van der Waals surface area contributed by atoms with E-state index in [0.717, 1.165) is 24.0 Å². The van der Waals surface area contributed by atoms with Gasteiger partial charge in [-0.15, -0.1) is 0 Å². The van der Waals surface area contributed by atoms with Crippen LogP contribution in [0.15, 0.2) is 72.0 Å². The lowest BCUT2D eigenvalue weighted by Gasteiger charge is -2.32. The second-order valence-electron chi connectivity index (χ2n) is 7.01. The molecule has 2 aliphatic rings. The smallest absolute Gasteiger partial charge is 0.290 e. The van der Waals surface area contributed by atoms with E-state index in [0.29, 0.717) is 0 Å². The number of benzene rings is 2. The summed E-state index contributed by atoms with van der Waals surface area (Å²) in [5.74, 6) is -1.01. The van der Waals surface area contributed by atoms with Crippen molar-refractivity contribution in [3.8, 4) is 0 Å². The number of amides is 1. The second-order valence-corrected chi connectivity index (χ2v) is 7.01. The molecule has 1 saturated carbocycles. The summed E-state index contributed by atoms with van der Waals surface area (Å²) in [6, 6.07) is 18.4. The summed E-state index contributed by atoms with van der Waals surface area (Å²) in [5, 5.41) is 10.6. The SMILES string of the molecule is CC(c1ccccc1)N1C(=O)C(O)=C(C(=O)C2CC2)C1c1ccccc1. The van der Waals surface area contributed by atoms with Crippen molar-refractivity contribution in [3.05, 3.63) is 83.1 Å². The van der Waals surface area contributed by atoms with Crippen molar-refractivity contribution < 1.29 is 14.7 Å². The molecule has 2 aromatic carbocycles. The Bertz CT molecular complexity index is 869. The van der Waals surface area contributed by atoms with Gasteiger partial charge in [-0.1, -0.05) is 60.7 Å².